The van der Waals surface area contributed by atoms with Crippen LogP contribution in [0.1, 0.15) is 64.0 Å². The van der Waals surface area contributed by atoms with Gasteiger partial charge in [-0.1, -0.05) is 60.7 Å². The Hall–Kier alpha value is -4.65. The molecular formula is C33H47N5O8. The van der Waals surface area contributed by atoms with Gasteiger partial charge in [0.05, 0.1) is 6.04 Å². The summed E-state index contributed by atoms with van der Waals surface area (Å²) >= 11 is 0. The fraction of sp³-hybridized carbons (Fsp3) is 0.485. The van der Waals surface area contributed by atoms with E-state index in [1.165, 1.54) is 7.05 Å². The molecule has 2 aromatic rings. The highest BCUT2D eigenvalue weighted by Gasteiger charge is 2.31. The Morgan fingerprint density at radius 3 is 2.02 bits per heavy atom. The van der Waals surface area contributed by atoms with Crippen molar-refractivity contribution in [2.45, 2.75) is 89.8 Å². The lowest BCUT2D eigenvalue weighted by Crippen LogP contribution is -2.55. The van der Waals surface area contributed by atoms with Gasteiger partial charge in [-0.15, -0.1) is 0 Å². The number of nitrogens with one attached hydrogen (secondary N) is 5. The van der Waals surface area contributed by atoms with Crippen LogP contribution in [0.15, 0.2) is 60.7 Å². The zero-order valence-electron chi connectivity index (χ0n) is 27.0. The van der Waals surface area contributed by atoms with Crippen molar-refractivity contribution < 1.29 is 38.6 Å². The minimum Gasteiger partial charge on any atom is -0.445 e. The predicted octanol–water partition coefficient (Wildman–Crippen LogP) is 2.66. The Bertz CT molecular complexity index is 1250. The van der Waals surface area contributed by atoms with E-state index < -0.39 is 47.8 Å². The van der Waals surface area contributed by atoms with Crippen LogP contribution in [0.25, 0.3) is 0 Å². The molecule has 2 aromatic carbocycles. The van der Waals surface area contributed by atoms with Crippen molar-refractivity contribution >= 4 is 29.9 Å². The van der Waals surface area contributed by atoms with Crippen LogP contribution in [0, 0.1) is 0 Å². The number of hydrogen-bond donors (Lipinski definition) is 6. The van der Waals surface area contributed by atoms with Gasteiger partial charge in [-0.25, -0.2) is 9.59 Å². The average Bonchev–Trinajstić information content (AvgIpc) is 3.03. The molecule has 46 heavy (non-hydrogen) atoms. The molecular weight excluding hydrogens is 594 g/mol. The van der Waals surface area contributed by atoms with Crippen molar-refractivity contribution in [2.24, 2.45) is 0 Å². The molecule has 0 fully saturated rings. The average molecular weight is 642 g/mol. The molecule has 0 aromatic heterocycles. The number of amides is 5. The lowest BCUT2D eigenvalue weighted by atomic mass is 10.0. The number of aliphatic hydroxyl groups is 1. The molecule has 0 heterocycles. The van der Waals surface area contributed by atoms with Gasteiger partial charge in [0.15, 0.2) is 6.10 Å². The smallest absolute Gasteiger partial charge is 0.408 e. The molecule has 0 radical (unpaired) electrons. The van der Waals surface area contributed by atoms with Crippen LogP contribution in [0.2, 0.25) is 0 Å². The molecule has 0 bridgehead atoms. The largest absolute Gasteiger partial charge is 0.445 e. The SMILES string of the molecule is CNC(=O)CC[C@H](NC(=O)OCc1ccccc1)C(=O)N[C@@H](CCCCNC(=O)OC(C)(C)C)C(O)C(=O)NCc1ccccc1. The highest BCUT2D eigenvalue weighted by atomic mass is 16.6. The standard InChI is InChI=1S/C33H47N5O8/c1-33(2,3)46-31(43)35-20-12-11-17-25(28(40)30(42)36-21-23-13-7-5-8-14-23)37-29(41)26(18-19-27(39)34-4)38-32(44)45-22-24-15-9-6-10-16-24/h5-10,13-16,25-26,28,40H,11-12,17-22H2,1-4H3,(H,34,39)(H,35,43)(H,36,42)(H,37,41)(H,38,44)/t25-,26-,28?/m0/s1. The molecule has 0 aliphatic heterocycles. The molecule has 0 aliphatic rings. The first-order valence-electron chi connectivity index (χ1n) is 15.3. The molecule has 0 saturated heterocycles. The number of aliphatic hydroxyl groups excluding tert-OH is 1. The number of unbranched alkanes of at least 4 members (excludes halogenated alkanes) is 1. The van der Waals surface area contributed by atoms with Gasteiger partial charge in [0, 0.05) is 26.6 Å². The molecule has 1 unspecified atom stereocenters. The Labute approximate surface area is 270 Å². The highest BCUT2D eigenvalue weighted by molar-refractivity contribution is 5.88. The van der Waals surface area contributed by atoms with Crippen molar-refractivity contribution in [1.29, 1.82) is 0 Å². The molecule has 13 heteroatoms. The first-order valence-corrected chi connectivity index (χ1v) is 15.3. The lowest BCUT2D eigenvalue weighted by molar-refractivity contribution is -0.133. The number of benzene rings is 2. The summed E-state index contributed by atoms with van der Waals surface area (Å²) in [5, 5.41) is 24.0. The number of carbonyl (C=O) groups excluding carboxylic acids is 5. The summed E-state index contributed by atoms with van der Waals surface area (Å²) in [6.45, 7) is 5.67. The lowest BCUT2D eigenvalue weighted by Gasteiger charge is -2.26. The van der Waals surface area contributed by atoms with Gasteiger partial charge in [-0.3, -0.25) is 14.4 Å². The third-order valence-electron chi connectivity index (χ3n) is 6.66. The van der Waals surface area contributed by atoms with Crippen LogP contribution in [0.5, 0.6) is 0 Å². The molecule has 0 aliphatic carbocycles. The summed E-state index contributed by atoms with van der Waals surface area (Å²) in [5.41, 5.74) is 0.923. The second-order valence-electron chi connectivity index (χ2n) is 11.7. The van der Waals surface area contributed by atoms with Crippen LogP contribution in [-0.4, -0.2) is 72.4 Å². The van der Waals surface area contributed by atoms with Crippen LogP contribution in [0.4, 0.5) is 9.59 Å². The second kappa shape index (κ2) is 19.7. The maximum atomic E-state index is 13.5. The van der Waals surface area contributed by atoms with Crippen LogP contribution >= 0.6 is 0 Å². The summed E-state index contributed by atoms with van der Waals surface area (Å²) in [7, 11) is 1.46. The number of ether oxygens (including phenoxy) is 2. The second-order valence-corrected chi connectivity index (χ2v) is 11.7. The van der Waals surface area contributed by atoms with Crippen molar-refractivity contribution in [3.8, 4) is 0 Å². The van der Waals surface area contributed by atoms with Crippen molar-refractivity contribution in [3.05, 3.63) is 71.8 Å². The summed E-state index contributed by atoms with van der Waals surface area (Å²) in [6.07, 6.45) is -2.15. The van der Waals surface area contributed by atoms with Crippen LogP contribution < -0.4 is 26.6 Å². The summed E-state index contributed by atoms with van der Waals surface area (Å²) in [4.78, 5) is 62.9. The Kier molecular flexibility index (Phi) is 16.1. The molecule has 5 amide bonds. The van der Waals surface area contributed by atoms with Crippen molar-refractivity contribution in [2.75, 3.05) is 13.6 Å². The molecule has 6 N–H and O–H groups in total. The number of carbonyl (C=O) groups is 5. The number of hydrogen-bond acceptors (Lipinski definition) is 8. The van der Waals surface area contributed by atoms with Crippen LogP contribution in [-0.2, 0) is 37.0 Å². The molecule has 252 valence electrons. The Balaban J connectivity index is 2.08. The maximum Gasteiger partial charge on any atom is 0.408 e. The van der Waals surface area contributed by atoms with E-state index in [1.54, 1.807) is 45.0 Å². The van der Waals surface area contributed by atoms with E-state index in [1.807, 2.05) is 36.4 Å². The molecule has 3 atom stereocenters. The van der Waals surface area contributed by atoms with Crippen molar-refractivity contribution in [3.63, 3.8) is 0 Å². The van der Waals surface area contributed by atoms with Crippen molar-refractivity contribution in [1.82, 2.24) is 26.6 Å². The van der Waals surface area contributed by atoms with Gasteiger partial charge in [0.25, 0.3) is 5.91 Å². The highest BCUT2D eigenvalue weighted by Crippen LogP contribution is 2.11. The number of rotatable bonds is 17. The van der Waals surface area contributed by atoms with Gasteiger partial charge < -0.3 is 41.2 Å². The molecule has 0 saturated carbocycles. The van der Waals surface area contributed by atoms with E-state index in [4.69, 9.17) is 9.47 Å². The van der Waals surface area contributed by atoms with Gasteiger partial charge in [-0.05, 0) is 57.6 Å². The van der Waals surface area contributed by atoms with Gasteiger partial charge in [0.1, 0.15) is 18.2 Å². The molecule has 2 rings (SSSR count). The monoisotopic (exact) mass is 641 g/mol. The predicted molar refractivity (Wildman–Crippen MR) is 171 cm³/mol. The van der Waals surface area contributed by atoms with E-state index in [0.717, 1.165) is 11.1 Å². The quantitative estimate of drug-likeness (QED) is 0.142. The third kappa shape index (κ3) is 15.4. The zero-order chi connectivity index (χ0) is 34.0. The first-order chi connectivity index (χ1) is 21.9. The van der Waals surface area contributed by atoms with E-state index in [2.05, 4.69) is 26.6 Å². The molecule has 0 spiro atoms. The van der Waals surface area contributed by atoms with E-state index >= 15 is 0 Å². The van der Waals surface area contributed by atoms with E-state index in [-0.39, 0.29) is 44.9 Å². The van der Waals surface area contributed by atoms with Gasteiger partial charge in [0.2, 0.25) is 11.8 Å². The summed E-state index contributed by atoms with van der Waals surface area (Å²) in [5.74, 6) is -1.74. The van der Waals surface area contributed by atoms with E-state index in [0.29, 0.717) is 12.8 Å². The minimum atomic E-state index is -1.63. The van der Waals surface area contributed by atoms with Gasteiger partial charge >= 0.3 is 12.2 Å². The van der Waals surface area contributed by atoms with E-state index in [9.17, 15) is 29.1 Å². The number of alkyl carbamates (subject to hydrolysis) is 2. The third-order valence-corrected chi connectivity index (χ3v) is 6.66. The fourth-order valence-electron chi connectivity index (χ4n) is 4.23. The molecule has 13 nitrogen and oxygen atoms in total. The Morgan fingerprint density at radius 1 is 0.783 bits per heavy atom. The normalized spacial score (nSPS) is 12.9. The zero-order valence-corrected chi connectivity index (χ0v) is 27.0. The first kappa shape index (κ1) is 37.5. The summed E-state index contributed by atoms with van der Waals surface area (Å²) < 4.78 is 10.5. The Morgan fingerprint density at radius 2 is 1.41 bits per heavy atom. The summed E-state index contributed by atoms with van der Waals surface area (Å²) in [6, 6.07) is 15.9. The minimum absolute atomic E-state index is 0.0310. The fourth-order valence-corrected chi connectivity index (χ4v) is 4.23. The maximum absolute atomic E-state index is 13.5. The van der Waals surface area contributed by atoms with Gasteiger partial charge in [-0.2, -0.15) is 0 Å². The topological polar surface area (TPSA) is 184 Å². The van der Waals surface area contributed by atoms with Crippen LogP contribution in [0.3, 0.4) is 0 Å².